The van der Waals surface area contributed by atoms with Gasteiger partial charge in [-0.05, 0) is 56.8 Å². The Bertz CT molecular complexity index is 2080. The molecule has 2 N–H and O–H groups in total. The van der Waals surface area contributed by atoms with Gasteiger partial charge in [-0.3, -0.25) is 9.69 Å². The Labute approximate surface area is 300 Å². The molecule has 276 valence electrons. The molecule has 0 bridgehead atoms. The highest BCUT2D eigenvalue weighted by Gasteiger charge is 2.39. The molecule has 2 aliphatic heterocycles. The van der Waals surface area contributed by atoms with Crippen molar-refractivity contribution < 1.29 is 35.9 Å². The van der Waals surface area contributed by atoms with Gasteiger partial charge >= 0.3 is 12.2 Å². The number of thiophene rings is 1. The topological polar surface area (TPSA) is 112 Å². The smallest absolute Gasteiger partial charge is 0.417 e. The number of carbonyl (C=O) groups is 1. The number of ether oxygens (including phenoxy) is 1. The van der Waals surface area contributed by atoms with Crippen molar-refractivity contribution in [3.05, 3.63) is 53.1 Å². The Morgan fingerprint density at radius 3 is 2.58 bits per heavy atom. The van der Waals surface area contributed by atoms with Crippen molar-refractivity contribution >= 4 is 49.1 Å². The maximum atomic E-state index is 16.6. The Balaban J connectivity index is 0.000000444. The summed E-state index contributed by atoms with van der Waals surface area (Å²) in [6.07, 6.45) is 1.56. The highest BCUT2D eigenvalue weighted by molar-refractivity contribution is 7.23. The zero-order chi connectivity index (χ0) is 37.6. The third-order valence-electron chi connectivity index (χ3n) is 9.87. The standard InChI is InChI=1S/C29H25F5N6O2S.C7H12FN/c1-5-40(14-7-6-13(10-14)27(41)39(2)3)26-16-11-18(29(32,33)34)21(22(31)23(16)37-28(38-26)42-4)15-8-9-19(30)24-20(15)17(12-35)25(36)43-24;8-6-4-7-2-1-3-9(7)5-6/h6-9,11,13-14H,5,10,36H2,1-4H3;6-7H,1-5H2. The minimum absolute atomic E-state index is 0.0188. The van der Waals surface area contributed by atoms with Crippen LogP contribution in [-0.4, -0.2) is 84.8 Å². The number of halogens is 6. The summed E-state index contributed by atoms with van der Waals surface area (Å²) in [5.74, 6) is -2.77. The molecule has 4 unspecified atom stereocenters. The van der Waals surface area contributed by atoms with Gasteiger partial charge in [-0.1, -0.05) is 18.2 Å². The Hall–Kier alpha value is -4.62. The lowest BCUT2D eigenvalue weighted by molar-refractivity contribution is -0.137. The number of rotatable bonds is 6. The summed E-state index contributed by atoms with van der Waals surface area (Å²) in [5, 5.41) is 9.11. The number of carbonyl (C=O) groups excluding carboxylic acids is 1. The monoisotopic (exact) mass is 745 g/mol. The second-order valence-electron chi connectivity index (χ2n) is 13.2. The summed E-state index contributed by atoms with van der Waals surface area (Å²) < 4.78 is 93.1. The first-order valence-electron chi connectivity index (χ1n) is 16.8. The van der Waals surface area contributed by atoms with Gasteiger partial charge in [0.2, 0.25) is 5.91 Å². The molecule has 52 heavy (non-hydrogen) atoms. The Morgan fingerprint density at radius 2 is 1.94 bits per heavy atom. The van der Waals surface area contributed by atoms with E-state index in [-0.39, 0.29) is 55.9 Å². The lowest BCUT2D eigenvalue weighted by atomic mass is 9.92. The molecule has 4 heterocycles. The first-order valence-corrected chi connectivity index (χ1v) is 17.6. The molecule has 4 atom stereocenters. The van der Waals surface area contributed by atoms with Gasteiger partial charge < -0.3 is 20.3 Å². The van der Waals surface area contributed by atoms with Gasteiger partial charge in [0, 0.05) is 55.6 Å². The number of nitrogen functional groups attached to an aromatic ring is 1. The first-order chi connectivity index (χ1) is 24.7. The third kappa shape index (κ3) is 6.71. The van der Waals surface area contributed by atoms with Gasteiger partial charge in [-0.2, -0.15) is 28.4 Å². The van der Waals surface area contributed by atoms with Gasteiger partial charge in [-0.25, -0.2) is 13.2 Å². The summed E-state index contributed by atoms with van der Waals surface area (Å²) in [6.45, 7) is 3.86. The van der Waals surface area contributed by atoms with Crippen molar-refractivity contribution in [2.75, 3.05) is 51.5 Å². The van der Waals surface area contributed by atoms with E-state index in [1.165, 1.54) is 24.9 Å². The minimum Gasteiger partial charge on any atom is -0.467 e. The van der Waals surface area contributed by atoms with Crippen LogP contribution in [-0.2, 0) is 11.0 Å². The summed E-state index contributed by atoms with van der Waals surface area (Å²) in [5.41, 5.74) is 2.53. The SMILES string of the molecule is CCN(c1nc(OC)nc2c(F)c(-c3ccc(F)c4sc(N)c(C#N)c34)c(C(F)(F)F)cc12)C1C=CC(C(=O)N(C)C)C1.FC1CC2CCCN2C1. The number of hydrogen-bond acceptors (Lipinski definition) is 9. The van der Waals surface area contributed by atoms with E-state index < -0.39 is 52.6 Å². The summed E-state index contributed by atoms with van der Waals surface area (Å²) in [7, 11) is 4.49. The molecule has 2 aromatic carbocycles. The average Bonchev–Trinajstić information content (AvgIpc) is 3.89. The molecular weight excluding hydrogens is 708 g/mol. The van der Waals surface area contributed by atoms with E-state index in [1.807, 2.05) is 0 Å². The van der Waals surface area contributed by atoms with Gasteiger partial charge in [0.15, 0.2) is 5.82 Å². The average molecular weight is 746 g/mol. The third-order valence-corrected chi connectivity index (χ3v) is 10.9. The van der Waals surface area contributed by atoms with Crippen molar-refractivity contribution in [3.8, 4) is 23.2 Å². The highest BCUT2D eigenvalue weighted by atomic mass is 32.1. The van der Waals surface area contributed by atoms with E-state index in [0.29, 0.717) is 30.3 Å². The highest BCUT2D eigenvalue weighted by Crippen LogP contribution is 2.48. The van der Waals surface area contributed by atoms with Crippen molar-refractivity contribution in [2.24, 2.45) is 5.92 Å². The van der Waals surface area contributed by atoms with Crippen molar-refractivity contribution in [1.82, 2.24) is 19.8 Å². The normalized spacial score (nSPS) is 21.2. The number of anilines is 2. The molecule has 2 saturated heterocycles. The minimum atomic E-state index is -5.08. The summed E-state index contributed by atoms with van der Waals surface area (Å²) in [4.78, 5) is 26.4. The lowest BCUT2D eigenvalue weighted by Crippen LogP contribution is -2.36. The molecule has 9 nitrogen and oxygen atoms in total. The van der Waals surface area contributed by atoms with Crippen LogP contribution >= 0.6 is 11.3 Å². The van der Waals surface area contributed by atoms with E-state index >= 15 is 4.39 Å². The quantitative estimate of drug-likeness (QED) is 0.162. The number of aromatic nitrogens is 2. The maximum absolute atomic E-state index is 16.6. The molecule has 0 saturated carbocycles. The van der Waals surface area contributed by atoms with Crippen molar-refractivity contribution in [1.29, 1.82) is 5.26 Å². The first kappa shape index (κ1) is 37.1. The predicted octanol–water partition coefficient (Wildman–Crippen LogP) is 7.32. The molecule has 2 aromatic heterocycles. The molecule has 0 spiro atoms. The van der Waals surface area contributed by atoms with Crippen molar-refractivity contribution in [2.45, 2.75) is 57.0 Å². The van der Waals surface area contributed by atoms with Crippen LogP contribution in [0, 0.1) is 28.9 Å². The number of alkyl halides is 4. The van der Waals surface area contributed by atoms with Gasteiger partial charge in [0.25, 0.3) is 0 Å². The molecule has 7 rings (SSSR count). The van der Waals surface area contributed by atoms with Crippen LogP contribution in [0.5, 0.6) is 6.01 Å². The lowest BCUT2D eigenvalue weighted by Gasteiger charge is -2.30. The number of hydrogen-bond donors (Lipinski definition) is 1. The van der Waals surface area contributed by atoms with Crippen LogP contribution in [0.15, 0.2) is 30.4 Å². The number of likely N-dealkylation sites (N-methyl/N-ethyl adjacent to an activating group) is 1. The van der Waals surface area contributed by atoms with Crippen LogP contribution < -0.4 is 15.4 Å². The number of benzene rings is 2. The zero-order valence-electron chi connectivity index (χ0n) is 28.9. The van der Waals surface area contributed by atoms with E-state index in [1.54, 1.807) is 44.1 Å². The summed E-state index contributed by atoms with van der Waals surface area (Å²) in [6, 6.07) is 4.32. The van der Waals surface area contributed by atoms with Crippen LogP contribution in [0.25, 0.3) is 32.1 Å². The zero-order valence-corrected chi connectivity index (χ0v) is 29.7. The fraction of sp³-hybridized carbons (Fsp3) is 0.444. The molecule has 1 amide bonds. The number of nitriles is 1. The summed E-state index contributed by atoms with van der Waals surface area (Å²) >= 11 is 0.686. The van der Waals surface area contributed by atoms with Crippen LogP contribution in [0.4, 0.5) is 37.2 Å². The predicted molar refractivity (Wildman–Crippen MR) is 188 cm³/mol. The maximum Gasteiger partial charge on any atom is 0.417 e. The van der Waals surface area contributed by atoms with Crippen LogP contribution in [0.2, 0.25) is 0 Å². The number of amides is 1. The fourth-order valence-electron chi connectivity index (χ4n) is 7.49. The van der Waals surface area contributed by atoms with E-state index in [2.05, 4.69) is 14.9 Å². The largest absolute Gasteiger partial charge is 0.467 e. The molecule has 3 aliphatic rings. The Morgan fingerprint density at radius 1 is 1.19 bits per heavy atom. The number of methoxy groups -OCH3 is 1. The second-order valence-corrected chi connectivity index (χ2v) is 14.3. The molecule has 0 radical (unpaired) electrons. The molecule has 4 aromatic rings. The van der Waals surface area contributed by atoms with Crippen molar-refractivity contribution in [3.63, 3.8) is 0 Å². The molecule has 2 fully saturated rings. The molecule has 1 aliphatic carbocycles. The second kappa shape index (κ2) is 14.4. The van der Waals surface area contributed by atoms with Crippen LogP contribution in [0.3, 0.4) is 0 Å². The number of fused-ring (bicyclic) bond motifs is 3. The van der Waals surface area contributed by atoms with Gasteiger partial charge in [0.05, 0.1) is 28.9 Å². The van der Waals surface area contributed by atoms with E-state index in [4.69, 9.17) is 10.5 Å². The molecule has 16 heteroatoms. The fourth-order valence-corrected chi connectivity index (χ4v) is 8.44. The Kier molecular flexibility index (Phi) is 10.3. The number of nitrogens with two attached hydrogens (primary N) is 1. The van der Waals surface area contributed by atoms with Gasteiger partial charge in [0.1, 0.15) is 34.4 Å². The van der Waals surface area contributed by atoms with E-state index in [0.717, 1.165) is 31.2 Å². The van der Waals surface area contributed by atoms with E-state index in [9.17, 15) is 32.0 Å². The van der Waals surface area contributed by atoms with Gasteiger partial charge in [-0.15, -0.1) is 11.3 Å². The number of nitrogens with zero attached hydrogens (tertiary/aromatic N) is 6. The molecular formula is C36H37F6N7O2S. The van der Waals surface area contributed by atoms with Crippen LogP contribution in [0.1, 0.15) is 43.7 Å².